The molecule has 0 aliphatic rings. The second-order valence-corrected chi connectivity index (χ2v) is 22.4. The molecule has 0 bridgehead atoms. The van der Waals surface area contributed by atoms with Gasteiger partial charge in [-0.3, -0.25) is 4.57 Å². The molecule has 5 heterocycles. The van der Waals surface area contributed by atoms with E-state index in [0.29, 0.717) is 17.6 Å². The summed E-state index contributed by atoms with van der Waals surface area (Å²) in [4.78, 5) is 16.3. The number of para-hydroxylation sites is 2. The lowest BCUT2D eigenvalue weighted by molar-refractivity contribution is 0.954. The summed E-state index contributed by atoms with van der Waals surface area (Å²) < 4.78 is 9.70. The molecule has 0 amide bonds. The second-order valence-electron chi connectivity index (χ2n) is 20.2. The van der Waals surface area contributed by atoms with E-state index in [2.05, 4.69) is 258 Å². The highest BCUT2D eigenvalue weighted by atomic mass is 32.1. The molecular weight excluding hydrogens is 987 g/mol. The number of rotatable bonds is 6. The van der Waals surface area contributed by atoms with Crippen LogP contribution in [0.1, 0.15) is 0 Å². The molecule has 5 nitrogen and oxygen atoms in total. The lowest BCUT2D eigenvalue weighted by Gasteiger charge is -2.18. The average molecular weight is 1030 g/mol. The smallest absolute Gasteiger partial charge is 0.238 e. The lowest BCUT2D eigenvalue weighted by Crippen LogP contribution is -2.06. The van der Waals surface area contributed by atoms with E-state index < -0.39 is 0 Å². The van der Waals surface area contributed by atoms with Crippen LogP contribution < -0.4 is 0 Å². The molecule has 17 aromatic rings. The van der Waals surface area contributed by atoms with Crippen LogP contribution >= 0.6 is 22.7 Å². The third-order valence-corrected chi connectivity index (χ3v) is 18.3. The zero-order valence-electron chi connectivity index (χ0n) is 41.7. The third kappa shape index (κ3) is 6.43. The van der Waals surface area contributed by atoms with E-state index in [1.54, 1.807) is 0 Å². The number of thiophene rings is 2. The molecule has 362 valence electrons. The number of benzene rings is 12. The number of nitrogens with zero attached hydrogens (tertiary/aromatic N) is 5. The summed E-state index contributed by atoms with van der Waals surface area (Å²) in [6.07, 6.45) is 0. The van der Waals surface area contributed by atoms with Gasteiger partial charge in [0.1, 0.15) is 0 Å². The molecule has 12 aromatic carbocycles. The number of hydrogen-bond donors (Lipinski definition) is 0. The Morgan fingerprint density at radius 2 is 0.641 bits per heavy atom. The predicted molar refractivity (Wildman–Crippen MR) is 331 cm³/mol. The van der Waals surface area contributed by atoms with Crippen LogP contribution in [0.3, 0.4) is 0 Å². The first-order chi connectivity index (χ1) is 38.7. The second kappa shape index (κ2) is 16.9. The van der Waals surface area contributed by atoms with Crippen LogP contribution in [0.15, 0.2) is 249 Å². The Morgan fingerprint density at radius 3 is 1.15 bits per heavy atom. The van der Waals surface area contributed by atoms with E-state index in [1.807, 2.05) is 22.7 Å². The summed E-state index contributed by atoms with van der Waals surface area (Å²) in [6, 6.07) is 90.5. The summed E-state index contributed by atoms with van der Waals surface area (Å²) in [6.45, 7) is 0. The molecule has 0 aliphatic carbocycles. The van der Waals surface area contributed by atoms with Gasteiger partial charge in [-0.2, -0.15) is 9.97 Å². The molecule has 0 spiro atoms. The fourth-order valence-electron chi connectivity index (χ4n) is 12.6. The Balaban J connectivity index is 0.870. The van der Waals surface area contributed by atoms with E-state index in [4.69, 9.17) is 15.0 Å². The zero-order chi connectivity index (χ0) is 51.0. The minimum Gasteiger partial charge on any atom is -0.309 e. The van der Waals surface area contributed by atoms with E-state index in [1.165, 1.54) is 94.9 Å². The molecule has 0 saturated heterocycles. The summed E-state index contributed by atoms with van der Waals surface area (Å²) in [5.74, 6) is 1.83. The highest BCUT2D eigenvalue weighted by Gasteiger charge is 2.24. The van der Waals surface area contributed by atoms with Crippen molar-refractivity contribution in [1.82, 2.24) is 24.1 Å². The normalized spacial score (nSPS) is 12.1. The Labute approximate surface area is 454 Å². The molecule has 17 rings (SSSR count). The number of hydrogen-bond acceptors (Lipinski definition) is 5. The Bertz CT molecular complexity index is 5140. The van der Waals surface area contributed by atoms with Gasteiger partial charge in [0.2, 0.25) is 5.95 Å². The zero-order valence-corrected chi connectivity index (χ0v) is 43.4. The maximum atomic E-state index is 5.47. The number of aromatic nitrogens is 5. The first-order valence-corrected chi connectivity index (χ1v) is 28.0. The van der Waals surface area contributed by atoms with Crippen LogP contribution in [-0.2, 0) is 0 Å². The molecule has 0 unspecified atom stereocenters. The van der Waals surface area contributed by atoms with Crippen molar-refractivity contribution in [3.63, 3.8) is 0 Å². The van der Waals surface area contributed by atoms with Gasteiger partial charge in [-0.05, 0) is 129 Å². The quantitative estimate of drug-likeness (QED) is 0.156. The van der Waals surface area contributed by atoms with E-state index in [0.717, 1.165) is 49.7 Å². The highest BCUT2D eigenvalue weighted by Crippen LogP contribution is 2.46. The average Bonchev–Trinajstić information content (AvgIpc) is 4.37. The molecule has 0 atom stereocenters. The van der Waals surface area contributed by atoms with Gasteiger partial charge in [0.05, 0.1) is 22.1 Å². The summed E-state index contributed by atoms with van der Waals surface area (Å²) in [5, 5.41) is 14.5. The van der Waals surface area contributed by atoms with Crippen molar-refractivity contribution in [2.45, 2.75) is 0 Å². The summed E-state index contributed by atoms with van der Waals surface area (Å²) in [5.41, 5.74) is 12.2. The minimum absolute atomic E-state index is 0.572. The summed E-state index contributed by atoms with van der Waals surface area (Å²) >= 11 is 3.63. The Morgan fingerprint density at radius 1 is 0.256 bits per heavy atom. The lowest BCUT2D eigenvalue weighted by atomic mass is 9.86. The topological polar surface area (TPSA) is 48.5 Å². The van der Waals surface area contributed by atoms with Gasteiger partial charge < -0.3 is 4.57 Å². The SMILES string of the molecule is c1ccc(-c2c3ccccc3c(-c3ccc(-n4c5ccccc5c5c6c7ccccc7n(-c7nc(-c8ccc9sc%10ccccc%10c9c8)nc(-c8ccc9sc%10ccccc%10c9c8)n7)c6ccc54)cc3)c3ccccc23)cc1. The monoisotopic (exact) mass is 1030 g/mol. The van der Waals surface area contributed by atoms with Crippen LogP contribution in [0, 0.1) is 0 Å². The Hall–Kier alpha value is -9.79. The van der Waals surface area contributed by atoms with Gasteiger partial charge >= 0.3 is 0 Å². The molecule has 5 aromatic heterocycles. The van der Waals surface area contributed by atoms with Crippen molar-refractivity contribution >= 4 is 128 Å². The van der Waals surface area contributed by atoms with Crippen molar-refractivity contribution in [2.75, 3.05) is 0 Å². The van der Waals surface area contributed by atoms with Crippen molar-refractivity contribution in [2.24, 2.45) is 0 Å². The molecule has 7 heteroatoms. The fraction of sp³-hybridized carbons (Fsp3) is 0. The van der Waals surface area contributed by atoms with Gasteiger partial charge in [-0.25, -0.2) is 4.98 Å². The molecule has 0 radical (unpaired) electrons. The van der Waals surface area contributed by atoms with Crippen LogP contribution in [-0.4, -0.2) is 24.1 Å². The molecule has 0 aliphatic heterocycles. The molecule has 78 heavy (non-hydrogen) atoms. The summed E-state index contributed by atoms with van der Waals surface area (Å²) in [7, 11) is 0. The van der Waals surface area contributed by atoms with Crippen LogP contribution in [0.4, 0.5) is 0 Å². The molecule has 0 N–H and O–H groups in total. The fourth-order valence-corrected chi connectivity index (χ4v) is 14.8. The Kier molecular flexibility index (Phi) is 9.39. The first-order valence-electron chi connectivity index (χ1n) is 26.3. The minimum atomic E-state index is 0.572. The van der Waals surface area contributed by atoms with Crippen LogP contribution in [0.5, 0.6) is 0 Å². The van der Waals surface area contributed by atoms with Crippen molar-refractivity contribution in [3.8, 4) is 56.7 Å². The van der Waals surface area contributed by atoms with Crippen molar-refractivity contribution in [3.05, 3.63) is 249 Å². The molecular formula is C71H41N5S2. The van der Waals surface area contributed by atoms with Crippen molar-refractivity contribution in [1.29, 1.82) is 0 Å². The van der Waals surface area contributed by atoms with Crippen LogP contribution in [0.25, 0.3) is 162 Å². The predicted octanol–water partition coefficient (Wildman–Crippen LogP) is 19.8. The largest absolute Gasteiger partial charge is 0.309 e. The molecule has 0 saturated carbocycles. The number of fused-ring (bicyclic) bond motifs is 15. The van der Waals surface area contributed by atoms with E-state index in [9.17, 15) is 0 Å². The maximum Gasteiger partial charge on any atom is 0.238 e. The van der Waals surface area contributed by atoms with Gasteiger partial charge in [0.15, 0.2) is 11.6 Å². The van der Waals surface area contributed by atoms with E-state index >= 15 is 0 Å². The van der Waals surface area contributed by atoms with Gasteiger partial charge in [-0.1, -0.05) is 164 Å². The van der Waals surface area contributed by atoms with Gasteiger partial charge in [0.25, 0.3) is 0 Å². The van der Waals surface area contributed by atoms with E-state index in [-0.39, 0.29) is 0 Å². The third-order valence-electron chi connectivity index (χ3n) is 16.0. The highest BCUT2D eigenvalue weighted by molar-refractivity contribution is 7.26. The van der Waals surface area contributed by atoms with Gasteiger partial charge in [-0.15, -0.1) is 22.7 Å². The van der Waals surface area contributed by atoms with Crippen molar-refractivity contribution < 1.29 is 0 Å². The maximum absolute atomic E-state index is 5.47. The standard InChI is InChI=1S/C71H41N5S2/c1-2-16-42(17-3-1)65-49-20-4-6-22-51(49)66(52-23-7-5-21-50(52)65)43-30-34-46(35-31-43)75-57-26-12-8-24-53(57)67-59(75)36-37-60-68(67)54-25-9-13-27-58(54)76(60)71-73-69(44-32-38-63-55(40-44)47-18-10-14-28-61(47)77-63)72-70(74-71)45-33-39-64-56(41-45)48-19-11-15-29-62(48)78-64/h1-41H. The molecule has 0 fully saturated rings. The van der Waals surface area contributed by atoms with Gasteiger partial charge in [0, 0.05) is 78.7 Å². The first kappa shape index (κ1) is 43.4. The van der Waals surface area contributed by atoms with Crippen LogP contribution in [0.2, 0.25) is 0 Å².